The molecule has 0 heterocycles. The van der Waals surface area contributed by atoms with Crippen LogP contribution in [0.1, 0.15) is 252 Å². The fourth-order valence-electron chi connectivity index (χ4n) is 7.15. The Morgan fingerprint density at radius 2 is 0.767 bits per heavy atom. The van der Waals surface area contributed by atoms with E-state index in [2.05, 4.69) is 81.5 Å². The Balaban J connectivity index is 4.22. The Labute approximate surface area is 373 Å². The van der Waals surface area contributed by atoms with Crippen LogP contribution in [0.4, 0.5) is 0 Å². The third-order valence-electron chi connectivity index (χ3n) is 11.0. The number of hydrogen-bond donors (Lipinski definition) is 0. The van der Waals surface area contributed by atoms with Gasteiger partial charge in [-0.25, -0.2) is 0 Å². The molecule has 0 aliphatic heterocycles. The minimum atomic E-state index is -0.552. The molecule has 5 heteroatoms. The summed E-state index contributed by atoms with van der Waals surface area (Å²) in [5.74, 6) is -0.439. The molecule has 0 aromatic carbocycles. The second kappa shape index (κ2) is 51.0. The van der Waals surface area contributed by atoms with E-state index < -0.39 is 6.10 Å². The van der Waals surface area contributed by atoms with Crippen molar-refractivity contribution >= 4 is 11.9 Å². The summed E-state index contributed by atoms with van der Waals surface area (Å²) in [6.45, 7) is 7.65. The van der Waals surface area contributed by atoms with Gasteiger partial charge in [0.05, 0.1) is 6.61 Å². The van der Waals surface area contributed by atoms with E-state index in [0.717, 1.165) is 83.5 Å². The summed E-state index contributed by atoms with van der Waals surface area (Å²) < 4.78 is 17.4. The third kappa shape index (κ3) is 48.3. The van der Waals surface area contributed by atoms with Crippen LogP contribution in [0.3, 0.4) is 0 Å². The lowest BCUT2D eigenvalue weighted by Gasteiger charge is -2.18. The number of allylic oxidation sites excluding steroid dienone is 10. The van der Waals surface area contributed by atoms with Crippen LogP contribution in [0.25, 0.3) is 0 Å². The van der Waals surface area contributed by atoms with Crippen LogP contribution < -0.4 is 0 Å². The Morgan fingerprint density at radius 3 is 1.28 bits per heavy atom. The van der Waals surface area contributed by atoms with Crippen LogP contribution in [-0.4, -0.2) is 37.9 Å². The number of carbonyl (C=O) groups excluding carboxylic acids is 2. The van der Waals surface area contributed by atoms with E-state index in [0.29, 0.717) is 19.4 Å². The summed E-state index contributed by atoms with van der Waals surface area (Å²) in [7, 11) is 0. The second-order valence-electron chi connectivity index (χ2n) is 17.0. The molecule has 0 bridgehead atoms. The number of unbranched alkanes of at least 4 members (excludes halogenated alkanes) is 26. The highest BCUT2D eigenvalue weighted by atomic mass is 16.6. The first-order valence-corrected chi connectivity index (χ1v) is 25.8. The number of ether oxygens (including phenoxy) is 3. The summed E-state index contributed by atoms with van der Waals surface area (Å²) in [5, 5.41) is 0. The van der Waals surface area contributed by atoms with Gasteiger partial charge in [-0.05, 0) is 96.3 Å². The third-order valence-corrected chi connectivity index (χ3v) is 11.0. The summed E-state index contributed by atoms with van der Waals surface area (Å²) in [4.78, 5) is 25.3. The zero-order chi connectivity index (χ0) is 43.5. The predicted octanol–water partition coefficient (Wildman–Crippen LogP) is 17.3. The van der Waals surface area contributed by atoms with E-state index >= 15 is 0 Å². The van der Waals surface area contributed by atoms with E-state index in [-0.39, 0.29) is 25.2 Å². The van der Waals surface area contributed by atoms with Crippen molar-refractivity contribution in [1.82, 2.24) is 0 Å². The molecular weight excluding hydrogens is 741 g/mol. The molecule has 0 saturated carbocycles. The van der Waals surface area contributed by atoms with Gasteiger partial charge in [-0.2, -0.15) is 0 Å². The van der Waals surface area contributed by atoms with Crippen LogP contribution in [0.15, 0.2) is 60.8 Å². The summed E-state index contributed by atoms with van der Waals surface area (Å²) in [5.41, 5.74) is 0. The van der Waals surface area contributed by atoms with Crippen molar-refractivity contribution in [3.63, 3.8) is 0 Å². The predicted molar refractivity (Wildman–Crippen MR) is 261 cm³/mol. The maximum absolute atomic E-state index is 12.7. The maximum atomic E-state index is 12.7. The van der Waals surface area contributed by atoms with Crippen molar-refractivity contribution < 1.29 is 23.8 Å². The van der Waals surface area contributed by atoms with Gasteiger partial charge < -0.3 is 14.2 Å². The van der Waals surface area contributed by atoms with E-state index in [9.17, 15) is 9.59 Å². The molecule has 5 nitrogen and oxygen atoms in total. The number of hydrogen-bond acceptors (Lipinski definition) is 5. The first-order chi connectivity index (χ1) is 29.6. The highest BCUT2D eigenvalue weighted by Crippen LogP contribution is 2.14. The molecule has 0 saturated heterocycles. The zero-order valence-electron chi connectivity index (χ0n) is 40.0. The molecule has 0 spiro atoms. The smallest absolute Gasteiger partial charge is 0.306 e. The van der Waals surface area contributed by atoms with Crippen molar-refractivity contribution in [1.29, 1.82) is 0 Å². The van der Waals surface area contributed by atoms with E-state index in [1.165, 1.54) is 135 Å². The van der Waals surface area contributed by atoms with E-state index in [1.54, 1.807) is 0 Å². The van der Waals surface area contributed by atoms with Crippen molar-refractivity contribution in [3.8, 4) is 0 Å². The normalized spacial score (nSPS) is 12.7. The highest BCUT2D eigenvalue weighted by molar-refractivity contribution is 5.70. The topological polar surface area (TPSA) is 61.8 Å². The molecule has 0 aromatic heterocycles. The van der Waals surface area contributed by atoms with Gasteiger partial charge in [0, 0.05) is 19.4 Å². The summed E-state index contributed by atoms with van der Waals surface area (Å²) in [6, 6.07) is 0. The SMILES string of the molecule is CC/C=C\C/C=C\C/C=C\CCCCCC(=O)OCC(COCCCCCCCCCCCC/C=C\CCCCCCCC)OC(=O)CCCCCCC/C=C\CCCC. The van der Waals surface area contributed by atoms with E-state index in [4.69, 9.17) is 14.2 Å². The van der Waals surface area contributed by atoms with Gasteiger partial charge in [0.15, 0.2) is 6.10 Å². The lowest BCUT2D eigenvalue weighted by molar-refractivity contribution is -0.163. The lowest BCUT2D eigenvalue weighted by Crippen LogP contribution is -2.30. The molecule has 0 aliphatic rings. The number of rotatable bonds is 47. The summed E-state index contributed by atoms with van der Waals surface area (Å²) >= 11 is 0. The monoisotopic (exact) mass is 839 g/mol. The van der Waals surface area contributed by atoms with Crippen LogP contribution in [0.2, 0.25) is 0 Å². The van der Waals surface area contributed by atoms with Gasteiger partial charge in [-0.15, -0.1) is 0 Å². The van der Waals surface area contributed by atoms with Gasteiger partial charge in [-0.3, -0.25) is 9.59 Å². The standard InChI is InChI=1S/C55H98O5/c1-4-7-10-13-16-19-22-24-25-26-27-28-29-30-32-35-38-41-44-47-50-58-51-53(60-55(57)49-46-43-40-37-33-21-18-15-12-9-6-3)52-59-54(56)48-45-42-39-36-34-31-23-20-17-14-11-8-5-2/h8,11,15,17-18,20,24-25,31,34,53H,4-7,9-10,12-14,16,19,21-23,26-30,32-33,35-52H2,1-3H3/b11-8-,18-15-,20-17-,25-24-,34-31-. The average molecular weight is 839 g/mol. The fraction of sp³-hybridized carbons (Fsp3) is 0.782. The molecule has 1 atom stereocenters. The highest BCUT2D eigenvalue weighted by Gasteiger charge is 2.17. The minimum absolute atomic E-state index is 0.0663. The average Bonchev–Trinajstić information content (AvgIpc) is 3.25. The number of carbonyl (C=O) groups is 2. The Morgan fingerprint density at radius 1 is 0.383 bits per heavy atom. The summed E-state index contributed by atoms with van der Waals surface area (Å²) in [6.07, 6.45) is 63.8. The Bertz CT molecular complexity index is 1040. The molecule has 0 N–H and O–H groups in total. The Kier molecular flexibility index (Phi) is 48.9. The van der Waals surface area contributed by atoms with E-state index in [1.807, 2.05) is 0 Å². The molecule has 0 aliphatic carbocycles. The molecular formula is C55H98O5. The molecule has 0 radical (unpaired) electrons. The molecule has 0 aromatic rings. The first kappa shape index (κ1) is 57.6. The van der Waals surface area contributed by atoms with Crippen LogP contribution >= 0.6 is 0 Å². The molecule has 1 unspecified atom stereocenters. The largest absolute Gasteiger partial charge is 0.462 e. The quantitative estimate of drug-likeness (QED) is 0.0347. The van der Waals surface area contributed by atoms with Crippen molar-refractivity contribution in [2.45, 2.75) is 258 Å². The van der Waals surface area contributed by atoms with Gasteiger partial charge in [0.2, 0.25) is 0 Å². The molecule has 0 rings (SSSR count). The van der Waals surface area contributed by atoms with Crippen LogP contribution in [0.5, 0.6) is 0 Å². The molecule has 60 heavy (non-hydrogen) atoms. The first-order valence-electron chi connectivity index (χ1n) is 25.8. The van der Waals surface area contributed by atoms with Gasteiger partial charge in [0.25, 0.3) is 0 Å². The fourth-order valence-corrected chi connectivity index (χ4v) is 7.15. The van der Waals surface area contributed by atoms with Gasteiger partial charge in [-0.1, -0.05) is 204 Å². The second-order valence-corrected chi connectivity index (χ2v) is 17.0. The molecule has 348 valence electrons. The Hall–Kier alpha value is -2.40. The lowest BCUT2D eigenvalue weighted by atomic mass is 10.1. The number of esters is 2. The van der Waals surface area contributed by atoms with Crippen LogP contribution in [0, 0.1) is 0 Å². The maximum Gasteiger partial charge on any atom is 0.306 e. The van der Waals surface area contributed by atoms with Crippen molar-refractivity contribution in [2.24, 2.45) is 0 Å². The van der Waals surface area contributed by atoms with Crippen LogP contribution in [-0.2, 0) is 23.8 Å². The molecule has 0 amide bonds. The van der Waals surface area contributed by atoms with Crippen molar-refractivity contribution in [3.05, 3.63) is 60.8 Å². The molecule has 0 fully saturated rings. The minimum Gasteiger partial charge on any atom is -0.462 e. The van der Waals surface area contributed by atoms with Crippen molar-refractivity contribution in [2.75, 3.05) is 19.8 Å². The zero-order valence-corrected chi connectivity index (χ0v) is 40.0. The van der Waals surface area contributed by atoms with Gasteiger partial charge in [0.1, 0.15) is 6.61 Å². The van der Waals surface area contributed by atoms with Gasteiger partial charge >= 0.3 is 11.9 Å².